The average Bonchev–Trinajstić information content (AvgIpc) is 2.23. The van der Waals surface area contributed by atoms with Crippen LogP contribution in [0.25, 0.3) is 0 Å². The van der Waals surface area contributed by atoms with Crippen LogP contribution in [0.1, 0.15) is 5.56 Å². The molecule has 1 aliphatic heterocycles. The van der Waals surface area contributed by atoms with Crippen molar-refractivity contribution in [3.8, 4) is 0 Å². The van der Waals surface area contributed by atoms with Crippen molar-refractivity contribution in [3.63, 3.8) is 0 Å². The Bertz CT molecular complexity index is 430. The number of hydrogen-bond acceptors (Lipinski definition) is 2. The summed E-state index contributed by atoms with van der Waals surface area (Å²) in [5.74, 6) is -1.31. The van der Waals surface area contributed by atoms with Crippen molar-refractivity contribution in [1.29, 1.82) is 0 Å². The van der Waals surface area contributed by atoms with Gasteiger partial charge in [-0.25, -0.2) is 8.78 Å². The molecule has 1 saturated heterocycles. The molecule has 92 valence electrons. The smallest absolute Gasteiger partial charge is 0.234 e. The van der Waals surface area contributed by atoms with Gasteiger partial charge in [0.15, 0.2) is 0 Å². The SMILES string of the molecule is O=C1CN(Cc2c(F)cc(Br)cc2F)CCN1. The Morgan fingerprint density at radius 1 is 1.35 bits per heavy atom. The van der Waals surface area contributed by atoms with Gasteiger partial charge >= 0.3 is 0 Å². The molecular weight excluding hydrogens is 294 g/mol. The third-order valence-corrected chi connectivity index (χ3v) is 3.06. The lowest BCUT2D eigenvalue weighted by atomic mass is 10.1. The second kappa shape index (κ2) is 5.10. The van der Waals surface area contributed by atoms with Crippen LogP contribution in [0.5, 0.6) is 0 Å². The molecule has 1 aromatic rings. The molecule has 17 heavy (non-hydrogen) atoms. The fourth-order valence-electron chi connectivity index (χ4n) is 1.77. The Morgan fingerprint density at radius 3 is 2.59 bits per heavy atom. The Morgan fingerprint density at radius 2 is 2.00 bits per heavy atom. The number of benzene rings is 1. The molecule has 1 heterocycles. The van der Waals surface area contributed by atoms with E-state index in [0.29, 0.717) is 17.6 Å². The summed E-state index contributed by atoms with van der Waals surface area (Å²) >= 11 is 3.02. The van der Waals surface area contributed by atoms with Crippen molar-refractivity contribution in [2.75, 3.05) is 19.6 Å². The molecule has 3 nitrogen and oxygen atoms in total. The second-order valence-electron chi connectivity index (χ2n) is 3.91. The summed E-state index contributed by atoms with van der Waals surface area (Å²) in [6, 6.07) is 2.45. The van der Waals surface area contributed by atoms with Gasteiger partial charge in [-0.2, -0.15) is 0 Å². The first-order valence-corrected chi connectivity index (χ1v) is 5.98. The normalized spacial score (nSPS) is 17.0. The van der Waals surface area contributed by atoms with Crippen LogP contribution in [-0.4, -0.2) is 30.4 Å². The molecular formula is C11H11BrF2N2O. The molecule has 1 N–H and O–H groups in total. The fraction of sp³-hybridized carbons (Fsp3) is 0.364. The van der Waals surface area contributed by atoms with E-state index in [-0.39, 0.29) is 24.6 Å². The Labute approximate surface area is 106 Å². The molecule has 1 aliphatic rings. The van der Waals surface area contributed by atoms with Gasteiger partial charge in [-0.15, -0.1) is 0 Å². The summed E-state index contributed by atoms with van der Waals surface area (Å²) < 4.78 is 27.5. The number of nitrogens with one attached hydrogen (secondary N) is 1. The lowest BCUT2D eigenvalue weighted by molar-refractivity contribution is -0.124. The van der Waals surface area contributed by atoms with Gasteiger partial charge in [0.2, 0.25) is 5.91 Å². The van der Waals surface area contributed by atoms with Crippen LogP contribution in [0.3, 0.4) is 0 Å². The van der Waals surface area contributed by atoms with Crippen LogP contribution in [-0.2, 0) is 11.3 Å². The lowest BCUT2D eigenvalue weighted by Crippen LogP contribution is -2.47. The number of piperazine rings is 1. The second-order valence-corrected chi connectivity index (χ2v) is 4.82. The number of nitrogens with zero attached hydrogens (tertiary/aromatic N) is 1. The lowest BCUT2D eigenvalue weighted by Gasteiger charge is -2.26. The molecule has 6 heteroatoms. The number of carbonyl (C=O) groups is 1. The van der Waals surface area contributed by atoms with E-state index >= 15 is 0 Å². The van der Waals surface area contributed by atoms with Gasteiger partial charge in [0, 0.05) is 29.7 Å². The number of halogens is 3. The molecule has 0 aromatic heterocycles. The van der Waals surface area contributed by atoms with Crippen molar-refractivity contribution in [3.05, 3.63) is 33.8 Å². The van der Waals surface area contributed by atoms with Crippen LogP contribution in [0.15, 0.2) is 16.6 Å². The molecule has 1 amide bonds. The molecule has 0 spiro atoms. The summed E-state index contributed by atoms with van der Waals surface area (Å²) in [4.78, 5) is 12.9. The van der Waals surface area contributed by atoms with E-state index in [9.17, 15) is 13.6 Å². The van der Waals surface area contributed by atoms with E-state index in [1.807, 2.05) is 0 Å². The van der Waals surface area contributed by atoms with Gasteiger partial charge in [-0.3, -0.25) is 9.69 Å². The van der Waals surface area contributed by atoms with Crippen molar-refractivity contribution in [2.24, 2.45) is 0 Å². The van der Waals surface area contributed by atoms with Crippen LogP contribution in [0.2, 0.25) is 0 Å². The van der Waals surface area contributed by atoms with E-state index < -0.39 is 11.6 Å². The van der Waals surface area contributed by atoms with Gasteiger partial charge < -0.3 is 5.32 Å². The topological polar surface area (TPSA) is 32.3 Å². The van der Waals surface area contributed by atoms with Crippen LogP contribution in [0.4, 0.5) is 8.78 Å². The third kappa shape index (κ3) is 3.01. The standard InChI is InChI=1S/C11H11BrF2N2O/c12-7-3-9(13)8(10(14)4-7)5-16-2-1-15-11(17)6-16/h3-4H,1-2,5-6H2,(H,15,17). The van der Waals surface area contributed by atoms with Gasteiger partial charge in [-0.05, 0) is 12.1 Å². The van der Waals surface area contributed by atoms with E-state index in [2.05, 4.69) is 21.2 Å². The van der Waals surface area contributed by atoms with Gasteiger partial charge in [-0.1, -0.05) is 15.9 Å². The zero-order chi connectivity index (χ0) is 12.4. The number of carbonyl (C=O) groups excluding carboxylic acids is 1. The summed E-state index contributed by atoms with van der Waals surface area (Å²) in [6.07, 6.45) is 0. The third-order valence-electron chi connectivity index (χ3n) is 2.60. The van der Waals surface area contributed by atoms with E-state index in [4.69, 9.17) is 0 Å². The molecule has 2 rings (SSSR count). The Balaban J connectivity index is 2.15. The predicted molar refractivity (Wildman–Crippen MR) is 62.3 cm³/mol. The zero-order valence-electron chi connectivity index (χ0n) is 8.97. The number of rotatable bonds is 2. The number of amides is 1. The molecule has 0 saturated carbocycles. The minimum Gasteiger partial charge on any atom is -0.354 e. The highest BCUT2D eigenvalue weighted by atomic mass is 79.9. The van der Waals surface area contributed by atoms with Crippen molar-refractivity contribution >= 4 is 21.8 Å². The molecule has 0 unspecified atom stereocenters. The van der Waals surface area contributed by atoms with Crippen molar-refractivity contribution in [2.45, 2.75) is 6.54 Å². The summed E-state index contributed by atoms with van der Waals surface area (Å²) in [7, 11) is 0. The molecule has 1 aromatic carbocycles. The highest BCUT2D eigenvalue weighted by molar-refractivity contribution is 9.10. The average molecular weight is 305 g/mol. The van der Waals surface area contributed by atoms with Crippen LogP contribution < -0.4 is 5.32 Å². The molecule has 0 bridgehead atoms. The largest absolute Gasteiger partial charge is 0.354 e. The molecule has 0 atom stereocenters. The zero-order valence-corrected chi connectivity index (χ0v) is 10.6. The first-order chi connectivity index (χ1) is 8.06. The van der Waals surface area contributed by atoms with Crippen LogP contribution in [0, 0.1) is 11.6 Å². The predicted octanol–water partition coefficient (Wildman–Crippen LogP) is 1.66. The molecule has 0 aliphatic carbocycles. The van der Waals surface area contributed by atoms with Gasteiger partial charge in [0.1, 0.15) is 11.6 Å². The summed E-state index contributed by atoms with van der Waals surface area (Å²) in [6.45, 7) is 1.40. The minimum atomic E-state index is -0.595. The fourth-order valence-corrected chi connectivity index (χ4v) is 2.18. The summed E-state index contributed by atoms with van der Waals surface area (Å²) in [5, 5.41) is 2.66. The van der Waals surface area contributed by atoms with Crippen LogP contribution >= 0.6 is 15.9 Å². The van der Waals surface area contributed by atoms with Gasteiger partial charge in [0.05, 0.1) is 6.54 Å². The highest BCUT2D eigenvalue weighted by Crippen LogP contribution is 2.20. The van der Waals surface area contributed by atoms with Gasteiger partial charge in [0.25, 0.3) is 0 Å². The van der Waals surface area contributed by atoms with Crippen molar-refractivity contribution < 1.29 is 13.6 Å². The minimum absolute atomic E-state index is 0.00269. The maximum Gasteiger partial charge on any atom is 0.234 e. The summed E-state index contributed by atoms with van der Waals surface area (Å²) in [5.41, 5.74) is 0.00269. The maximum atomic E-state index is 13.6. The Hall–Kier alpha value is -1.01. The monoisotopic (exact) mass is 304 g/mol. The maximum absolute atomic E-state index is 13.6. The first kappa shape index (κ1) is 12.4. The van der Waals surface area contributed by atoms with E-state index in [1.54, 1.807) is 4.90 Å². The number of hydrogen-bond donors (Lipinski definition) is 1. The van der Waals surface area contributed by atoms with Crippen molar-refractivity contribution in [1.82, 2.24) is 10.2 Å². The van der Waals surface area contributed by atoms with E-state index in [0.717, 1.165) is 0 Å². The van der Waals surface area contributed by atoms with E-state index in [1.165, 1.54) is 12.1 Å². The highest BCUT2D eigenvalue weighted by Gasteiger charge is 2.19. The molecule has 1 fully saturated rings. The molecule has 0 radical (unpaired) electrons. The first-order valence-electron chi connectivity index (χ1n) is 5.19. The Kier molecular flexibility index (Phi) is 3.73. The quantitative estimate of drug-likeness (QED) is 0.901.